The molecule has 0 fully saturated rings. The third kappa shape index (κ3) is 5.78. The van der Waals surface area contributed by atoms with Crippen molar-refractivity contribution in [3.63, 3.8) is 0 Å². The molecule has 0 bridgehead atoms. The highest BCUT2D eigenvalue weighted by molar-refractivity contribution is 7.08. The number of nitrogens with zero attached hydrogens (tertiary/aromatic N) is 1. The number of rotatable bonds is 5. The molecule has 0 saturated carbocycles. The molecule has 9 heteroatoms. The fourth-order valence-corrected chi connectivity index (χ4v) is 4.39. The normalized spacial score (nSPS) is 12.9. The molecule has 1 N–H and O–H groups in total. The standard InChI is InChI=1S/C22H20ClFN2O3S2/c1-22(2,3)18(27)10-20-26(21(29)17(31-20)8-13-6-7-30-12-13)11-19(28)25-14-4-5-16(24)15(23)9-14/h4-10,12H,11H2,1-3H3,(H,25,28)/b17-8-,20-10?. The molecule has 0 radical (unpaired) electrons. The van der Waals surface area contributed by atoms with Crippen molar-refractivity contribution in [3.8, 4) is 0 Å². The molecule has 0 aliphatic rings. The van der Waals surface area contributed by atoms with E-state index in [4.69, 9.17) is 11.6 Å². The quantitative estimate of drug-likeness (QED) is 0.609. The number of anilines is 1. The maximum Gasteiger partial charge on any atom is 0.269 e. The van der Waals surface area contributed by atoms with E-state index >= 15 is 0 Å². The molecule has 2 aromatic heterocycles. The van der Waals surface area contributed by atoms with Crippen molar-refractivity contribution in [1.82, 2.24) is 4.57 Å². The van der Waals surface area contributed by atoms with Gasteiger partial charge in [0.2, 0.25) is 5.91 Å². The number of amides is 1. The molecule has 0 unspecified atom stereocenters. The number of aromatic nitrogens is 1. The summed E-state index contributed by atoms with van der Waals surface area (Å²) in [5.74, 6) is -1.25. The van der Waals surface area contributed by atoms with E-state index in [9.17, 15) is 18.8 Å². The average Bonchev–Trinajstić information content (AvgIpc) is 3.28. The Morgan fingerprint density at radius 2 is 2.00 bits per heavy atom. The summed E-state index contributed by atoms with van der Waals surface area (Å²) in [6.45, 7) is 5.05. The lowest BCUT2D eigenvalue weighted by Crippen LogP contribution is -2.36. The Bertz CT molecular complexity index is 1300. The number of Topliss-reactive ketones (excluding diaryl/α,β-unsaturated/α-hetero) is 1. The van der Waals surface area contributed by atoms with Crippen molar-refractivity contribution in [1.29, 1.82) is 0 Å². The van der Waals surface area contributed by atoms with Crippen molar-refractivity contribution in [2.75, 3.05) is 5.32 Å². The van der Waals surface area contributed by atoms with Crippen LogP contribution in [0.4, 0.5) is 10.1 Å². The van der Waals surface area contributed by atoms with Gasteiger partial charge in [-0.25, -0.2) is 4.39 Å². The predicted octanol–water partition coefficient (Wildman–Crippen LogP) is 3.63. The second-order valence-electron chi connectivity index (χ2n) is 7.83. The Kier molecular flexibility index (Phi) is 6.93. The van der Waals surface area contributed by atoms with E-state index < -0.39 is 17.1 Å². The van der Waals surface area contributed by atoms with E-state index in [1.165, 1.54) is 34.1 Å². The minimum atomic E-state index is -0.630. The lowest BCUT2D eigenvalue weighted by atomic mass is 9.91. The van der Waals surface area contributed by atoms with Gasteiger partial charge in [-0.1, -0.05) is 32.4 Å². The second-order valence-corrected chi connectivity index (χ2v) is 10.1. The number of carbonyl (C=O) groups excluding carboxylic acids is 2. The van der Waals surface area contributed by atoms with Gasteiger partial charge in [-0.3, -0.25) is 19.0 Å². The summed E-state index contributed by atoms with van der Waals surface area (Å²) < 4.78 is 15.4. The Morgan fingerprint density at radius 3 is 2.61 bits per heavy atom. The first-order valence-electron chi connectivity index (χ1n) is 9.29. The SMILES string of the molecule is CC(C)(C)C(=O)C=c1s/c(=C\c2ccsc2)c(=O)n1CC(=O)Nc1ccc(F)c(Cl)c1. The van der Waals surface area contributed by atoms with Gasteiger partial charge in [0.25, 0.3) is 5.56 Å². The molecule has 5 nitrogen and oxygen atoms in total. The summed E-state index contributed by atoms with van der Waals surface area (Å²) in [6, 6.07) is 5.69. The highest BCUT2D eigenvalue weighted by Crippen LogP contribution is 2.19. The summed E-state index contributed by atoms with van der Waals surface area (Å²) in [4.78, 5) is 38.1. The van der Waals surface area contributed by atoms with E-state index in [1.807, 2.05) is 16.8 Å². The average molecular weight is 479 g/mol. The van der Waals surface area contributed by atoms with Gasteiger partial charge in [0.05, 0.1) is 9.55 Å². The van der Waals surface area contributed by atoms with E-state index in [0.29, 0.717) is 14.9 Å². The van der Waals surface area contributed by atoms with Gasteiger partial charge in [-0.2, -0.15) is 11.3 Å². The number of hydrogen-bond donors (Lipinski definition) is 1. The zero-order valence-electron chi connectivity index (χ0n) is 17.1. The minimum Gasteiger partial charge on any atom is -0.324 e. The molecule has 31 heavy (non-hydrogen) atoms. The number of carbonyl (C=O) groups is 2. The zero-order chi connectivity index (χ0) is 22.8. The van der Waals surface area contributed by atoms with Gasteiger partial charge in [0, 0.05) is 17.2 Å². The Hall–Kier alpha value is -2.55. The number of thiophene rings is 1. The summed E-state index contributed by atoms with van der Waals surface area (Å²) in [7, 11) is 0. The fourth-order valence-electron chi connectivity index (χ4n) is 2.55. The van der Waals surface area contributed by atoms with Crippen molar-refractivity contribution in [3.05, 3.63) is 71.0 Å². The predicted molar refractivity (Wildman–Crippen MR) is 125 cm³/mol. The van der Waals surface area contributed by atoms with Crippen molar-refractivity contribution in [2.24, 2.45) is 5.41 Å². The number of thiazole rings is 1. The lowest BCUT2D eigenvalue weighted by molar-refractivity contribution is -0.120. The molecule has 0 saturated heterocycles. The first kappa shape index (κ1) is 23.1. The smallest absolute Gasteiger partial charge is 0.269 e. The fraction of sp³-hybridized carbons (Fsp3) is 0.227. The third-order valence-electron chi connectivity index (χ3n) is 4.28. The van der Waals surface area contributed by atoms with E-state index in [2.05, 4.69) is 5.32 Å². The molecular formula is C22H20ClFN2O3S2. The van der Waals surface area contributed by atoms with Gasteiger partial charge in [0.1, 0.15) is 17.0 Å². The van der Waals surface area contributed by atoms with Gasteiger partial charge in [-0.15, -0.1) is 11.3 Å². The van der Waals surface area contributed by atoms with Gasteiger partial charge in [0.15, 0.2) is 5.78 Å². The number of ketones is 1. The van der Waals surface area contributed by atoms with Crippen molar-refractivity contribution >= 4 is 63.8 Å². The molecular weight excluding hydrogens is 459 g/mol. The summed E-state index contributed by atoms with van der Waals surface area (Å²) in [5.41, 5.74) is 0.182. The van der Waals surface area contributed by atoms with Crippen LogP contribution in [0.15, 0.2) is 39.8 Å². The molecule has 2 heterocycles. The maximum atomic E-state index is 13.3. The van der Waals surface area contributed by atoms with E-state index in [0.717, 1.165) is 23.0 Å². The monoisotopic (exact) mass is 478 g/mol. The highest BCUT2D eigenvalue weighted by Gasteiger charge is 2.20. The van der Waals surface area contributed by atoms with Crippen LogP contribution in [-0.4, -0.2) is 16.3 Å². The van der Waals surface area contributed by atoms with Crippen LogP contribution in [0.5, 0.6) is 0 Å². The molecule has 0 aliphatic carbocycles. The van der Waals surface area contributed by atoms with Crippen LogP contribution >= 0.6 is 34.3 Å². The van der Waals surface area contributed by atoms with Gasteiger partial charge >= 0.3 is 0 Å². The van der Waals surface area contributed by atoms with E-state index in [-0.39, 0.29) is 22.9 Å². The van der Waals surface area contributed by atoms with Crippen LogP contribution in [0.25, 0.3) is 12.2 Å². The van der Waals surface area contributed by atoms with Gasteiger partial charge in [-0.05, 0) is 46.7 Å². The minimum absolute atomic E-state index is 0.122. The molecule has 0 atom stereocenters. The van der Waals surface area contributed by atoms with Crippen LogP contribution in [0.1, 0.15) is 26.3 Å². The number of nitrogens with one attached hydrogen (secondary N) is 1. The van der Waals surface area contributed by atoms with Gasteiger partial charge < -0.3 is 5.32 Å². The maximum absolute atomic E-state index is 13.3. The van der Waals surface area contributed by atoms with Crippen LogP contribution in [-0.2, 0) is 16.1 Å². The Morgan fingerprint density at radius 1 is 1.26 bits per heavy atom. The molecule has 1 amide bonds. The van der Waals surface area contributed by atoms with E-state index in [1.54, 1.807) is 26.8 Å². The number of halogens is 2. The molecule has 3 aromatic rings. The number of benzene rings is 1. The van der Waals surface area contributed by atoms with Crippen LogP contribution in [0, 0.1) is 11.2 Å². The Labute approximate surface area is 191 Å². The summed E-state index contributed by atoms with van der Waals surface area (Å²) in [5, 5.41) is 6.28. The lowest BCUT2D eigenvalue weighted by Gasteiger charge is -2.13. The first-order chi connectivity index (χ1) is 14.5. The third-order valence-corrected chi connectivity index (χ3v) is 6.33. The topological polar surface area (TPSA) is 68.2 Å². The first-order valence-corrected chi connectivity index (χ1v) is 11.4. The van der Waals surface area contributed by atoms with Crippen LogP contribution < -0.4 is 20.1 Å². The molecule has 1 aromatic carbocycles. The van der Waals surface area contributed by atoms with Crippen LogP contribution in [0.3, 0.4) is 0 Å². The van der Waals surface area contributed by atoms with Crippen molar-refractivity contribution < 1.29 is 14.0 Å². The summed E-state index contributed by atoms with van der Waals surface area (Å²) in [6.07, 6.45) is 3.13. The Balaban J connectivity index is 2.01. The molecule has 0 spiro atoms. The largest absolute Gasteiger partial charge is 0.324 e. The highest BCUT2D eigenvalue weighted by atomic mass is 35.5. The molecule has 0 aliphatic heterocycles. The molecule has 3 rings (SSSR count). The summed E-state index contributed by atoms with van der Waals surface area (Å²) >= 11 is 8.41. The van der Waals surface area contributed by atoms with Crippen molar-refractivity contribution in [2.45, 2.75) is 27.3 Å². The van der Waals surface area contributed by atoms with Crippen LogP contribution in [0.2, 0.25) is 5.02 Å². The number of hydrogen-bond acceptors (Lipinski definition) is 5. The molecule has 162 valence electrons. The zero-order valence-corrected chi connectivity index (χ0v) is 19.5. The second kappa shape index (κ2) is 9.30.